The van der Waals surface area contributed by atoms with E-state index in [-0.39, 0.29) is 17.4 Å². The summed E-state index contributed by atoms with van der Waals surface area (Å²) in [5.74, 6) is 4.83. The quantitative estimate of drug-likeness (QED) is 0.663. The Morgan fingerprint density at radius 3 is 2.45 bits per heavy atom. The molecule has 1 aromatic carbocycles. The molecule has 2 aromatic rings. The molecule has 0 atom stereocenters. The van der Waals surface area contributed by atoms with E-state index in [9.17, 15) is 13.2 Å². The summed E-state index contributed by atoms with van der Waals surface area (Å²) in [4.78, 5) is 7.50. The summed E-state index contributed by atoms with van der Waals surface area (Å²) in [6.45, 7) is 0. The molecule has 0 spiro atoms. The van der Waals surface area contributed by atoms with Gasteiger partial charge < -0.3 is 14.9 Å². The Morgan fingerprint density at radius 1 is 1.10 bits per heavy atom. The van der Waals surface area contributed by atoms with E-state index >= 15 is 0 Å². The molecule has 0 radical (unpaired) electrons. The van der Waals surface area contributed by atoms with Crippen molar-refractivity contribution in [3.8, 4) is 17.4 Å². The van der Waals surface area contributed by atoms with Gasteiger partial charge in [-0.25, -0.2) is 15.8 Å². The van der Waals surface area contributed by atoms with Gasteiger partial charge in [0.05, 0.1) is 0 Å². The van der Waals surface area contributed by atoms with E-state index in [1.165, 1.54) is 24.3 Å². The first kappa shape index (κ1) is 13.9. The lowest BCUT2D eigenvalue weighted by atomic mass is 10.3. The van der Waals surface area contributed by atoms with Crippen molar-refractivity contribution in [2.45, 2.75) is 6.36 Å². The lowest BCUT2D eigenvalue weighted by molar-refractivity contribution is -0.275. The Morgan fingerprint density at radius 2 is 1.80 bits per heavy atom. The zero-order valence-corrected chi connectivity index (χ0v) is 9.89. The van der Waals surface area contributed by atoms with E-state index in [2.05, 4.69) is 20.1 Å². The summed E-state index contributed by atoms with van der Waals surface area (Å²) < 4.78 is 45.8. The molecule has 9 heteroatoms. The number of aromatic nitrogens is 2. The van der Waals surface area contributed by atoms with E-state index in [1.54, 1.807) is 0 Å². The fourth-order valence-corrected chi connectivity index (χ4v) is 1.33. The molecule has 0 saturated heterocycles. The second-order valence-corrected chi connectivity index (χ2v) is 3.48. The number of nitrogens with two attached hydrogens (primary N) is 1. The third-order valence-corrected chi connectivity index (χ3v) is 2.08. The van der Waals surface area contributed by atoms with Crippen LogP contribution < -0.4 is 20.7 Å². The molecule has 1 heterocycles. The summed E-state index contributed by atoms with van der Waals surface area (Å²) in [5, 5.41) is 0. The van der Waals surface area contributed by atoms with E-state index < -0.39 is 12.1 Å². The maximum atomic E-state index is 12.2. The van der Waals surface area contributed by atoms with E-state index in [0.717, 1.165) is 12.4 Å². The minimum absolute atomic E-state index is 0.0196. The molecule has 0 fully saturated rings. The van der Waals surface area contributed by atoms with Gasteiger partial charge in [0.1, 0.15) is 12.1 Å². The highest BCUT2D eigenvalue weighted by Gasteiger charge is 2.32. The summed E-state index contributed by atoms with van der Waals surface area (Å²) in [7, 11) is 0. The molecule has 106 valence electrons. The van der Waals surface area contributed by atoms with E-state index in [4.69, 9.17) is 10.6 Å². The predicted molar refractivity (Wildman–Crippen MR) is 63.0 cm³/mol. The predicted octanol–water partition coefficient (Wildman–Crippen LogP) is 2.45. The maximum absolute atomic E-state index is 12.2. The molecule has 0 aliphatic rings. The SMILES string of the molecule is NNc1cc(Oc2ccccc2OC(F)(F)F)ncn1. The number of ether oxygens (including phenoxy) is 2. The van der Waals surface area contributed by atoms with Crippen molar-refractivity contribution in [2.75, 3.05) is 5.43 Å². The smallest absolute Gasteiger partial charge is 0.435 e. The minimum Gasteiger partial charge on any atom is -0.435 e. The number of benzene rings is 1. The number of nitrogens with zero attached hydrogens (tertiary/aromatic N) is 2. The highest BCUT2D eigenvalue weighted by atomic mass is 19.4. The monoisotopic (exact) mass is 286 g/mol. The Labute approximate surface area is 111 Å². The van der Waals surface area contributed by atoms with Gasteiger partial charge in [0.2, 0.25) is 5.88 Å². The number of alkyl halides is 3. The third-order valence-electron chi connectivity index (χ3n) is 2.08. The number of para-hydroxylation sites is 2. The maximum Gasteiger partial charge on any atom is 0.573 e. The number of rotatable bonds is 4. The van der Waals surface area contributed by atoms with Crippen LogP contribution in [0.5, 0.6) is 17.4 Å². The Balaban J connectivity index is 2.24. The van der Waals surface area contributed by atoms with Crippen LogP contribution in [0.3, 0.4) is 0 Å². The lowest BCUT2D eigenvalue weighted by Gasteiger charge is -2.13. The molecule has 2 rings (SSSR count). The molecule has 0 aliphatic carbocycles. The molecular weight excluding hydrogens is 277 g/mol. The molecule has 0 unspecified atom stereocenters. The zero-order valence-electron chi connectivity index (χ0n) is 9.89. The highest BCUT2D eigenvalue weighted by molar-refractivity contribution is 5.43. The number of hydrogen-bond donors (Lipinski definition) is 2. The molecule has 0 amide bonds. The number of nitrogens with one attached hydrogen (secondary N) is 1. The Kier molecular flexibility index (Phi) is 3.89. The van der Waals surface area contributed by atoms with Crippen molar-refractivity contribution >= 4 is 5.82 Å². The molecule has 3 N–H and O–H groups in total. The average molecular weight is 286 g/mol. The average Bonchev–Trinajstić information content (AvgIpc) is 2.40. The van der Waals surface area contributed by atoms with Gasteiger partial charge in [0, 0.05) is 6.07 Å². The van der Waals surface area contributed by atoms with Crippen LogP contribution in [0.2, 0.25) is 0 Å². The Hall–Kier alpha value is -2.55. The van der Waals surface area contributed by atoms with E-state index in [0.29, 0.717) is 0 Å². The van der Waals surface area contributed by atoms with Crippen LogP contribution in [0.15, 0.2) is 36.7 Å². The molecule has 1 aromatic heterocycles. The van der Waals surface area contributed by atoms with Gasteiger partial charge in [0.25, 0.3) is 0 Å². The fraction of sp³-hybridized carbons (Fsp3) is 0.0909. The zero-order chi connectivity index (χ0) is 14.6. The number of anilines is 1. The van der Waals surface area contributed by atoms with Gasteiger partial charge in [-0.15, -0.1) is 13.2 Å². The molecule has 0 bridgehead atoms. The van der Waals surface area contributed by atoms with Crippen molar-refractivity contribution in [1.29, 1.82) is 0 Å². The van der Waals surface area contributed by atoms with Crippen LogP contribution in [0.25, 0.3) is 0 Å². The fourth-order valence-electron chi connectivity index (χ4n) is 1.33. The van der Waals surface area contributed by atoms with Gasteiger partial charge in [-0.2, -0.15) is 0 Å². The van der Waals surface area contributed by atoms with Gasteiger partial charge in [-0.1, -0.05) is 12.1 Å². The first-order valence-electron chi connectivity index (χ1n) is 5.29. The molecule has 0 saturated carbocycles. The second kappa shape index (κ2) is 5.61. The van der Waals surface area contributed by atoms with Crippen molar-refractivity contribution in [1.82, 2.24) is 9.97 Å². The van der Waals surface area contributed by atoms with Crippen LogP contribution in [0.1, 0.15) is 0 Å². The molecular formula is C11H9F3N4O2. The number of nitrogen functional groups attached to an aromatic ring is 1. The topological polar surface area (TPSA) is 82.3 Å². The van der Waals surface area contributed by atoms with Gasteiger partial charge in [-0.3, -0.25) is 0 Å². The van der Waals surface area contributed by atoms with Gasteiger partial charge >= 0.3 is 6.36 Å². The largest absolute Gasteiger partial charge is 0.573 e. The number of hydrazine groups is 1. The summed E-state index contributed by atoms with van der Waals surface area (Å²) in [5.41, 5.74) is 2.26. The highest BCUT2D eigenvalue weighted by Crippen LogP contribution is 2.34. The minimum atomic E-state index is -4.81. The summed E-state index contributed by atoms with van der Waals surface area (Å²) in [6.07, 6.45) is -3.66. The van der Waals surface area contributed by atoms with Crippen LogP contribution in [0.4, 0.5) is 19.0 Å². The van der Waals surface area contributed by atoms with Crippen molar-refractivity contribution in [3.05, 3.63) is 36.7 Å². The van der Waals surface area contributed by atoms with Crippen LogP contribution in [0, 0.1) is 0 Å². The van der Waals surface area contributed by atoms with Crippen LogP contribution >= 0.6 is 0 Å². The van der Waals surface area contributed by atoms with Crippen LogP contribution in [-0.4, -0.2) is 16.3 Å². The lowest BCUT2D eigenvalue weighted by Crippen LogP contribution is -2.17. The first-order chi connectivity index (χ1) is 9.48. The number of halogens is 3. The van der Waals surface area contributed by atoms with Gasteiger partial charge in [0.15, 0.2) is 11.5 Å². The summed E-state index contributed by atoms with van der Waals surface area (Å²) >= 11 is 0. The molecule has 0 aliphatic heterocycles. The molecule has 6 nitrogen and oxygen atoms in total. The van der Waals surface area contributed by atoms with Gasteiger partial charge in [-0.05, 0) is 12.1 Å². The second-order valence-electron chi connectivity index (χ2n) is 3.48. The normalized spacial score (nSPS) is 11.0. The molecule has 20 heavy (non-hydrogen) atoms. The third kappa shape index (κ3) is 3.72. The Bertz CT molecular complexity index is 592. The first-order valence-corrected chi connectivity index (χ1v) is 5.29. The van der Waals surface area contributed by atoms with Crippen molar-refractivity contribution in [3.63, 3.8) is 0 Å². The van der Waals surface area contributed by atoms with Crippen molar-refractivity contribution < 1.29 is 22.6 Å². The number of hydrogen-bond acceptors (Lipinski definition) is 6. The van der Waals surface area contributed by atoms with Crippen molar-refractivity contribution in [2.24, 2.45) is 5.84 Å². The van der Waals surface area contributed by atoms with E-state index in [1.807, 2.05) is 0 Å². The standard InChI is InChI=1S/C11H9F3N4O2/c12-11(13,14)20-8-4-2-1-3-7(8)19-10-5-9(18-15)16-6-17-10/h1-6H,15H2,(H,16,17,18). The van der Waals surface area contributed by atoms with Crippen LogP contribution in [-0.2, 0) is 0 Å². The summed E-state index contributed by atoms with van der Waals surface area (Å²) in [6, 6.07) is 6.66.